The van der Waals surface area contributed by atoms with Crippen LogP contribution in [0.2, 0.25) is 0 Å². The third-order valence-corrected chi connectivity index (χ3v) is 2.60. The Morgan fingerprint density at radius 1 is 1.50 bits per heavy atom. The van der Waals surface area contributed by atoms with Crippen molar-refractivity contribution in [1.82, 2.24) is 9.88 Å². The average molecular weight is 196 g/mol. The summed E-state index contributed by atoms with van der Waals surface area (Å²) in [5.41, 5.74) is 1.24. The minimum Gasteiger partial charge on any atom is -0.395 e. The van der Waals surface area contributed by atoms with E-state index in [4.69, 9.17) is 5.11 Å². The first-order chi connectivity index (χ1) is 6.65. The lowest BCUT2D eigenvalue weighted by molar-refractivity contribution is 0.209. The number of hydrogen-bond acceptors (Lipinski definition) is 2. The first-order valence-corrected chi connectivity index (χ1v) is 5.09. The second-order valence-corrected chi connectivity index (χ2v) is 4.02. The average Bonchev–Trinajstić information content (AvgIpc) is 2.52. The molecule has 0 aliphatic heterocycles. The number of nitrogens with one attached hydrogen (secondary N) is 1. The van der Waals surface area contributed by atoms with Gasteiger partial charge in [-0.1, -0.05) is 13.8 Å². The van der Waals surface area contributed by atoms with Crippen LogP contribution in [-0.4, -0.2) is 22.3 Å². The van der Waals surface area contributed by atoms with E-state index in [-0.39, 0.29) is 12.6 Å². The van der Waals surface area contributed by atoms with Crippen molar-refractivity contribution in [2.45, 2.75) is 26.4 Å². The fourth-order valence-electron chi connectivity index (χ4n) is 1.43. The van der Waals surface area contributed by atoms with Gasteiger partial charge in [-0.15, -0.1) is 0 Å². The third-order valence-electron chi connectivity index (χ3n) is 2.60. The minimum atomic E-state index is 0.185. The fraction of sp³-hybridized carbons (Fsp3) is 0.636. The zero-order valence-corrected chi connectivity index (χ0v) is 9.20. The molecule has 1 aromatic heterocycles. The number of aryl methyl sites for hydroxylation is 1. The maximum absolute atomic E-state index is 9.13. The van der Waals surface area contributed by atoms with Gasteiger partial charge >= 0.3 is 0 Å². The Bertz CT molecular complexity index is 268. The smallest absolute Gasteiger partial charge is 0.0587 e. The van der Waals surface area contributed by atoms with E-state index < -0.39 is 0 Å². The summed E-state index contributed by atoms with van der Waals surface area (Å²) in [7, 11) is 2.03. The third kappa shape index (κ3) is 2.86. The standard InChI is InChI=1S/C11H20N2O/c1-9(2)11(8-14)12-7-10-5-4-6-13(10)3/h4-6,9,11-12,14H,7-8H2,1-3H3/t11-/m1/s1. The highest BCUT2D eigenvalue weighted by Crippen LogP contribution is 2.04. The lowest BCUT2D eigenvalue weighted by Gasteiger charge is -2.20. The molecule has 0 aliphatic rings. The number of aromatic nitrogens is 1. The highest BCUT2D eigenvalue weighted by Gasteiger charge is 2.11. The molecule has 0 fully saturated rings. The van der Waals surface area contributed by atoms with Gasteiger partial charge in [-0.05, 0) is 18.1 Å². The molecule has 1 aromatic rings. The van der Waals surface area contributed by atoms with Crippen molar-refractivity contribution in [3.8, 4) is 0 Å². The lowest BCUT2D eigenvalue weighted by atomic mass is 10.1. The molecule has 0 saturated heterocycles. The zero-order valence-electron chi connectivity index (χ0n) is 9.20. The fourth-order valence-corrected chi connectivity index (χ4v) is 1.43. The van der Waals surface area contributed by atoms with Crippen molar-refractivity contribution < 1.29 is 5.11 Å². The van der Waals surface area contributed by atoms with Gasteiger partial charge in [0.2, 0.25) is 0 Å². The number of aliphatic hydroxyl groups is 1. The lowest BCUT2D eigenvalue weighted by Crippen LogP contribution is -2.36. The van der Waals surface area contributed by atoms with Crippen LogP contribution >= 0.6 is 0 Å². The van der Waals surface area contributed by atoms with Crippen LogP contribution in [0.15, 0.2) is 18.3 Å². The van der Waals surface area contributed by atoms with E-state index in [9.17, 15) is 0 Å². The van der Waals surface area contributed by atoms with Crippen LogP contribution < -0.4 is 5.32 Å². The molecular weight excluding hydrogens is 176 g/mol. The molecule has 1 rings (SSSR count). The zero-order chi connectivity index (χ0) is 10.6. The van der Waals surface area contributed by atoms with Crippen molar-refractivity contribution in [2.75, 3.05) is 6.61 Å². The molecule has 1 heterocycles. The SMILES string of the molecule is CC(C)[C@@H](CO)NCc1cccn1C. The topological polar surface area (TPSA) is 37.2 Å². The molecule has 80 valence electrons. The Morgan fingerprint density at radius 3 is 2.64 bits per heavy atom. The number of rotatable bonds is 5. The molecule has 0 bridgehead atoms. The summed E-state index contributed by atoms with van der Waals surface area (Å²) in [5, 5.41) is 12.5. The molecule has 0 aliphatic carbocycles. The summed E-state index contributed by atoms with van der Waals surface area (Å²) in [6.45, 7) is 5.23. The van der Waals surface area contributed by atoms with E-state index in [2.05, 4.69) is 29.8 Å². The van der Waals surface area contributed by atoms with Crippen LogP contribution in [-0.2, 0) is 13.6 Å². The molecule has 0 amide bonds. The van der Waals surface area contributed by atoms with Crippen molar-refractivity contribution in [3.63, 3.8) is 0 Å². The van der Waals surface area contributed by atoms with Crippen LogP contribution in [0.1, 0.15) is 19.5 Å². The number of nitrogens with zero attached hydrogens (tertiary/aromatic N) is 1. The van der Waals surface area contributed by atoms with Gasteiger partial charge in [0.05, 0.1) is 6.61 Å². The van der Waals surface area contributed by atoms with Gasteiger partial charge in [-0.25, -0.2) is 0 Å². The van der Waals surface area contributed by atoms with E-state index in [1.165, 1.54) is 5.69 Å². The summed E-state index contributed by atoms with van der Waals surface area (Å²) >= 11 is 0. The summed E-state index contributed by atoms with van der Waals surface area (Å²) in [4.78, 5) is 0. The molecular formula is C11H20N2O. The Labute approximate surface area is 85.7 Å². The molecule has 1 atom stereocenters. The number of hydrogen-bond donors (Lipinski definition) is 2. The van der Waals surface area contributed by atoms with E-state index in [0.717, 1.165) is 6.54 Å². The normalized spacial score (nSPS) is 13.5. The molecule has 0 radical (unpaired) electrons. The number of aliphatic hydroxyl groups excluding tert-OH is 1. The minimum absolute atomic E-state index is 0.185. The van der Waals surface area contributed by atoms with Crippen LogP contribution in [0.5, 0.6) is 0 Å². The van der Waals surface area contributed by atoms with Gasteiger partial charge in [0, 0.05) is 31.5 Å². The molecule has 0 spiro atoms. The Balaban J connectivity index is 2.43. The Morgan fingerprint density at radius 2 is 2.21 bits per heavy atom. The van der Waals surface area contributed by atoms with E-state index in [1.54, 1.807) is 0 Å². The van der Waals surface area contributed by atoms with Crippen LogP contribution in [0.3, 0.4) is 0 Å². The van der Waals surface area contributed by atoms with E-state index in [0.29, 0.717) is 5.92 Å². The highest BCUT2D eigenvalue weighted by molar-refractivity contribution is 5.06. The van der Waals surface area contributed by atoms with Crippen LogP contribution in [0.4, 0.5) is 0 Å². The second-order valence-electron chi connectivity index (χ2n) is 4.02. The quantitative estimate of drug-likeness (QED) is 0.741. The van der Waals surface area contributed by atoms with Gasteiger partial charge in [0.25, 0.3) is 0 Å². The first-order valence-electron chi connectivity index (χ1n) is 5.09. The first kappa shape index (κ1) is 11.3. The van der Waals surface area contributed by atoms with Gasteiger partial charge in [-0.3, -0.25) is 0 Å². The molecule has 0 aromatic carbocycles. The summed E-state index contributed by atoms with van der Waals surface area (Å²) < 4.78 is 2.09. The van der Waals surface area contributed by atoms with E-state index >= 15 is 0 Å². The summed E-state index contributed by atoms with van der Waals surface area (Å²) in [6.07, 6.45) is 2.03. The van der Waals surface area contributed by atoms with Gasteiger partial charge in [0.1, 0.15) is 0 Å². The Hall–Kier alpha value is -0.800. The van der Waals surface area contributed by atoms with Crippen LogP contribution in [0, 0.1) is 5.92 Å². The largest absolute Gasteiger partial charge is 0.395 e. The summed E-state index contributed by atoms with van der Waals surface area (Å²) in [6, 6.07) is 4.30. The molecule has 2 N–H and O–H groups in total. The maximum atomic E-state index is 9.13. The molecule has 14 heavy (non-hydrogen) atoms. The molecule has 3 nitrogen and oxygen atoms in total. The van der Waals surface area contributed by atoms with Crippen molar-refractivity contribution >= 4 is 0 Å². The van der Waals surface area contributed by atoms with Gasteiger partial charge < -0.3 is 15.0 Å². The van der Waals surface area contributed by atoms with Crippen molar-refractivity contribution in [3.05, 3.63) is 24.0 Å². The van der Waals surface area contributed by atoms with Crippen molar-refractivity contribution in [2.24, 2.45) is 13.0 Å². The highest BCUT2D eigenvalue weighted by atomic mass is 16.3. The van der Waals surface area contributed by atoms with E-state index in [1.807, 2.05) is 19.3 Å². The predicted octanol–water partition coefficient (Wildman–Crippen LogP) is 1.13. The maximum Gasteiger partial charge on any atom is 0.0587 e. The van der Waals surface area contributed by atoms with Crippen molar-refractivity contribution in [1.29, 1.82) is 0 Å². The predicted molar refractivity (Wildman–Crippen MR) is 58.0 cm³/mol. The molecule has 3 heteroatoms. The van der Waals surface area contributed by atoms with Gasteiger partial charge in [-0.2, -0.15) is 0 Å². The summed E-state index contributed by atoms with van der Waals surface area (Å²) in [5.74, 6) is 0.459. The Kier molecular flexibility index (Phi) is 4.17. The molecule has 0 unspecified atom stereocenters. The van der Waals surface area contributed by atoms with Crippen LogP contribution in [0.25, 0.3) is 0 Å². The van der Waals surface area contributed by atoms with Gasteiger partial charge in [0.15, 0.2) is 0 Å². The molecule has 0 saturated carbocycles. The monoisotopic (exact) mass is 196 g/mol. The second kappa shape index (κ2) is 5.17.